The van der Waals surface area contributed by atoms with Crippen LogP contribution < -0.4 is 0 Å². The van der Waals surface area contributed by atoms with Crippen LogP contribution >= 0.6 is 0 Å². The van der Waals surface area contributed by atoms with Gasteiger partial charge < -0.3 is 4.74 Å². The van der Waals surface area contributed by atoms with Crippen molar-refractivity contribution >= 4 is 0 Å². The Labute approximate surface area is 57.7 Å². The fraction of sp³-hybridized carbons (Fsp3) is 0.750. The molecule has 0 aliphatic rings. The van der Waals surface area contributed by atoms with E-state index in [2.05, 4.69) is 20.4 Å². The van der Waals surface area contributed by atoms with Gasteiger partial charge in [0.2, 0.25) is 0 Å². The highest BCUT2D eigenvalue weighted by molar-refractivity contribution is 4.80. The highest BCUT2D eigenvalue weighted by atomic mass is 16.5. The number of ether oxygens (including phenoxy) is 1. The standard InChI is InChI=1S/C8H16O/c1-4-6-8(3)9-7-5-2/h3-7H2,1-2H3. The predicted molar refractivity (Wildman–Crippen MR) is 40.3 cm³/mol. The van der Waals surface area contributed by atoms with Gasteiger partial charge in [-0.3, -0.25) is 0 Å². The first-order chi connectivity index (χ1) is 4.31. The van der Waals surface area contributed by atoms with Gasteiger partial charge in [0, 0.05) is 6.42 Å². The van der Waals surface area contributed by atoms with Crippen LogP contribution in [0.5, 0.6) is 0 Å². The molecule has 0 atom stereocenters. The van der Waals surface area contributed by atoms with Crippen LogP contribution in [0.25, 0.3) is 0 Å². The van der Waals surface area contributed by atoms with E-state index in [0.717, 1.165) is 31.6 Å². The van der Waals surface area contributed by atoms with Crippen molar-refractivity contribution in [3.05, 3.63) is 12.3 Å². The normalized spacial score (nSPS) is 9.11. The first-order valence-electron chi connectivity index (χ1n) is 3.61. The van der Waals surface area contributed by atoms with E-state index >= 15 is 0 Å². The minimum Gasteiger partial charge on any atom is -0.499 e. The number of hydrogen-bond donors (Lipinski definition) is 0. The zero-order chi connectivity index (χ0) is 7.11. The molecule has 0 aromatic carbocycles. The molecule has 0 bridgehead atoms. The molecule has 0 N–H and O–H groups in total. The van der Waals surface area contributed by atoms with E-state index in [9.17, 15) is 0 Å². The van der Waals surface area contributed by atoms with Gasteiger partial charge in [-0.25, -0.2) is 0 Å². The summed E-state index contributed by atoms with van der Waals surface area (Å²) in [7, 11) is 0. The van der Waals surface area contributed by atoms with Crippen LogP contribution in [0.4, 0.5) is 0 Å². The lowest BCUT2D eigenvalue weighted by atomic mass is 10.3. The van der Waals surface area contributed by atoms with E-state index in [1.54, 1.807) is 0 Å². The molecule has 0 aromatic heterocycles. The molecule has 54 valence electrons. The van der Waals surface area contributed by atoms with Crippen molar-refractivity contribution in [3.8, 4) is 0 Å². The SMILES string of the molecule is C=C(CCC)OCCC. The van der Waals surface area contributed by atoms with Crippen LogP contribution in [0.2, 0.25) is 0 Å². The van der Waals surface area contributed by atoms with E-state index < -0.39 is 0 Å². The molecule has 0 unspecified atom stereocenters. The summed E-state index contributed by atoms with van der Waals surface area (Å²) < 4.78 is 5.24. The Bertz CT molecular complexity index is 76.6. The lowest BCUT2D eigenvalue weighted by molar-refractivity contribution is 0.203. The average Bonchev–Trinajstić information content (AvgIpc) is 1.85. The van der Waals surface area contributed by atoms with Crippen molar-refractivity contribution in [2.75, 3.05) is 6.61 Å². The summed E-state index contributed by atoms with van der Waals surface area (Å²) in [6.45, 7) is 8.80. The van der Waals surface area contributed by atoms with Crippen molar-refractivity contribution in [3.63, 3.8) is 0 Å². The lowest BCUT2D eigenvalue weighted by Gasteiger charge is -2.04. The molecule has 0 saturated carbocycles. The van der Waals surface area contributed by atoms with Gasteiger partial charge in [-0.1, -0.05) is 20.4 Å². The highest BCUT2D eigenvalue weighted by Crippen LogP contribution is 2.02. The van der Waals surface area contributed by atoms with E-state index in [1.807, 2.05) is 0 Å². The Hall–Kier alpha value is -0.460. The molecule has 0 radical (unpaired) electrons. The molecule has 0 spiro atoms. The van der Waals surface area contributed by atoms with Gasteiger partial charge in [0.25, 0.3) is 0 Å². The van der Waals surface area contributed by atoms with Crippen molar-refractivity contribution in [1.82, 2.24) is 0 Å². The predicted octanol–water partition coefficient (Wildman–Crippen LogP) is 2.73. The van der Waals surface area contributed by atoms with E-state index in [1.165, 1.54) is 0 Å². The zero-order valence-electron chi connectivity index (χ0n) is 6.44. The van der Waals surface area contributed by atoms with Crippen molar-refractivity contribution < 1.29 is 4.74 Å². The monoisotopic (exact) mass is 128 g/mol. The first-order valence-corrected chi connectivity index (χ1v) is 3.61. The van der Waals surface area contributed by atoms with E-state index in [-0.39, 0.29) is 0 Å². The molecule has 1 heteroatoms. The van der Waals surface area contributed by atoms with E-state index in [4.69, 9.17) is 4.74 Å². The minimum absolute atomic E-state index is 0.818. The molecular weight excluding hydrogens is 112 g/mol. The maximum Gasteiger partial charge on any atom is 0.0888 e. The van der Waals surface area contributed by atoms with Crippen LogP contribution in [0.3, 0.4) is 0 Å². The lowest BCUT2D eigenvalue weighted by Crippen LogP contribution is -1.91. The van der Waals surface area contributed by atoms with Crippen LogP contribution in [-0.2, 0) is 4.74 Å². The molecule has 1 nitrogen and oxygen atoms in total. The summed E-state index contributed by atoms with van der Waals surface area (Å²) >= 11 is 0. The third-order valence-corrected chi connectivity index (χ3v) is 1.04. The maximum absolute atomic E-state index is 5.24. The first kappa shape index (κ1) is 8.54. The van der Waals surface area contributed by atoms with Gasteiger partial charge in [0.05, 0.1) is 12.4 Å². The Balaban J connectivity index is 3.06. The van der Waals surface area contributed by atoms with Gasteiger partial charge >= 0.3 is 0 Å². The molecule has 0 heterocycles. The summed E-state index contributed by atoms with van der Waals surface area (Å²) in [5.41, 5.74) is 0. The summed E-state index contributed by atoms with van der Waals surface area (Å²) in [4.78, 5) is 0. The van der Waals surface area contributed by atoms with Gasteiger partial charge in [0.15, 0.2) is 0 Å². The van der Waals surface area contributed by atoms with Gasteiger partial charge in [0.1, 0.15) is 0 Å². The second kappa shape index (κ2) is 5.67. The van der Waals surface area contributed by atoms with Gasteiger partial charge in [-0.15, -0.1) is 0 Å². The molecular formula is C8H16O. The average molecular weight is 128 g/mol. The second-order valence-electron chi connectivity index (χ2n) is 2.14. The second-order valence-corrected chi connectivity index (χ2v) is 2.14. The van der Waals surface area contributed by atoms with Crippen LogP contribution in [0.15, 0.2) is 12.3 Å². The van der Waals surface area contributed by atoms with Gasteiger partial charge in [-0.2, -0.15) is 0 Å². The molecule has 0 aromatic rings. The molecule has 0 amide bonds. The quantitative estimate of drug-likeness (QED) is 0.517. The number of allylic oxidation sites excluding steroid dienone is 1. The summed E-state index contributed by atoms with van der Waals surface area (Å²) in [5, 5.41) is 0. The topological polar surface area (TPSA) is 9.23 Å². The fourth-order valence-electron chi connectivity index (χ4n) is 0.597. The van der Waals surface area contributed by atoms with Crippen molar-refractivity contribution in [2.45, 2.75) is 33.1 Å². The fourth-order valence-corrected chi connectivity index (χ4v) is 0.597. The number of hydrogen-bond acceptors (Lipinski definition) is 1. The Morgan fingerprint density at radius 1 is 1.33 bits per heavy atom. The smallest absolute Gasteiger partial charge is 0.0888 e. The van der Waals surface area contributed by atoms with Crippen LogP contribution in [0, 0.1) is 0 Å². The molecule has 0 aliphatic carbocycles. The molecule has 0 rings (SSSR count). The summed E-state index contributed by atoms with van der Waals surface area (Å²) in [6.07, 6.45) is 3.20. The number of rotatable bonds is 5. The van der Waals surface area contributed by atoms with E-state index in [0.29, 0.717) is 0 Å². The maximum atomic E-state index is 5.24. The Kier molecular flexibility index (Phi) is 5.38. The van der Waals surface area contributed by atoms with Crippen molar-refractivity contribution in [2.24, 2.45) is 0 Å². The zero-order valence-corrected chi connectivity index (χ0v) is 6.44. The minimum atomic E-state index is 0.818. The third kappa shape index (κ3) is 5.41. The molecule has 9 heavy (non-hydrogen) atoms. The summed E-state index contributed by atoms with van der Waals surface area (Å²) in [6, 6.07) is 0. The molecule has 0 fully saturated rings. The third-order valence-electron chi connectivity index (χ3n) is 1.04. The van der Waals surface area contributed by atoms with Gasteiger partial charge in [-0.05, 0) is 12.8 Å². The van der Waals surface area contributed by atoms with Crippen LogP contribution in [-0.4, -0.2) is 6.61 Å². The molecule has 0 saturated heterocycles. The Morgan fingerprint density at radius 3 is 2.44 bits per heavy atom. The Morgan fingerprint density at radius 2 is 2.00 bits per heavy atom. The van der Waals surface area contributed by atoms with Crippen LogP contribution in [0.1, 0.15) is 33.1 Å². The molecule has 0 aliphatic heterocycles. The summed E-state index contributed by atoms with van der Waals surface area (Å²) in [5.74, 6) is 0.930. The van der Waals surface area contributed by atoms with Crippen molar-refractivity contribution in [1.29, 1.82) is 0 Å². The largest absolute Gasteiger partial charge is 0.499 e. The highest BCUT2D eigenvalue weighted by Gasteiger charge is 1.89.